The molecule has 1 fully saturated rings. The molecule has 1 aromatic heterocycles. The summed E-state index contributed by atoms with van der Waals surface area (Å²) in [5.74, 6) is 0.727. The van der Waals surface area contributed by atoms with E-state index in [1.807, 2.05) is 6.20 Å². The molecule has 0 aromatic carbocycles. The lowest BCUT2D eigenvalue weighted by atomic mass is 10.2. The van der Waals surface area contributed by atoms with Gasteiger partial charge in [0.05, 0.1) is 5.69 Å². The highest BCUT2D eigenvalue weighted by Crippen LogP contribution is 2.28. The molecule has 0 atom stereocenters. The first-order chi connectivity index (χ1) is 9.54. The van der Waals surface area contributed by atoms with Crippen LogP contribution in [0.5, 0.6) is 0 Å². The second-order valence-electron chi connectivity index (χ2n) is 6.75. The van der Waals surface area contributed by atoms with E-state index in [0.29, 0.717) is 6.04 Å². The van der Waals surface area contributed by atoms with Crippen LogP contribution in [0.2, 0.25) is 0 Å². The first-order valence-corrected chi connectivity index (χ1v) is 7.96. The lowest BCUT2D eigenvalue weighted by Crippen LogP contribution is -2.29. The maximum atomic E-state index is 4.63. The van der Waals surface area contributed by atoms with Crippen LogP contribution in [0.1, 0.15) is 51.8 Å². The molecule has 0 amide bonds. The van der Waals surface area contributed by atoms with Crippen LogP contribution in [0.3, 0.4) is 0 Å². The molecule has 0 unspecified atom stereocenters. The molecule has 3 nitrogen and oxygen atoms in total. The fourth-order valence-corrected chi connectivity index (χ4v) is 2.43. The van der Waals surface area contributed by atoms with Gasteiger partial charge in [0.1, 0.15) is 0 Å². The summed E-state index contributed by atoms with van der Waals surface area (Å²) in [6, 6.07) is 5.72. The number of nitrogens with zero attached hydrogens (tertiary/aromatic N) is 2. The molecule has 1 aliphatic carbocycles. The summed E-state index contributed by atoms with van der Waals surface area (Å²) < 4.78 is 0. The first-order valence-electron chi connectivity index (χ1n) is 7.96. The van der Waals surface area contributed by atoms with Crippen LogP contribution in [-0.2, 0) is 13.1 Å². The zero-order valence-electron chi connectivity index (χ0n) is 13.4. The van der Waals surface area contributed by atoms with Gasteiger partial charge in [-0.1, -0.05) is 33.8 Å². The Morgan fingerprint density at radius 3 is 2.50 bits per heavy atom. The highest BCUT2D eigenvalue weighted by atomic mass is 15.2. The minimum atomic E-state index is 0.520. The fourth-order valence-electron chi connectivity index (χ4n) is 2.43. The molecule has 0 bridgehead atoms. The van der Waals surface area contributed by atoms with E-state index in [4.69, 9.17) is 0 Å². The Hall–Kier alpha value is -0.930. The van der Waals surface area contributed by atoms with Crippen LogP contribution in [-0.4, -0.2) is 28.5 Å². The Morgan fingerprint density at radius 1 is 1.25 bits per heavy atom. The van der Waals surface area contributed by atoms with Crippen molar-refractivity contribution < 1.29 is 0 Å². The SMILES string of the molecule is CC(C)CN(Cc1ccc(CNC(C)C)cn1)C1CC1. The number of aromatic nitrogens is 1. The lowest BCUT2D eigenvalue weighted by Gasteiger charge is -2.23. The molecule has 0 spiro atoms. The first kappa shape index (κ1) is 15.5. The van der Waals surface area contributed by atoms with E-state index in [9.17, 15) is 0 Å². The van der Waals surface area contributed by atoms with Crippen molar-refractivity contribution in [1.82, 2.24) is 15.2 Å². The molecule has 20 heavy (non-hydrogen) atoms. The molecular formula is C17H29N3. The van der Waals surface area contributed by atoms with Crippen molar-refractivity contribution in [3.05, 3.63) is 29.6 Å². The quantitative estimate of drug-likeness (QED) is 0.789. The largest absolute Gasteiger partial charge is 0.310 e. The summed E-state index contributed by atoms with van der Waals surface area (Å²) in [4.78, 5) is 7.23. The number of hydrogen-bond acceptors (Lipinski definition) is 3. The van der Waals surface area contributed by atoms with E-state index in [-0.39, 0.29) is 0 Å². The summed E-state index contributed by atoms with van der Waals surface area (Å²) >= 11 is 0. The molecule has 112 valence electrons. The maximum Gasteiger partial charge on any atom is 0.0544 e. The van der Waals surface area contributed by atoms with Gasteiger partial charge in [-0.25, -0.2) is 0 Å². The second kappa shape index (κ2) is 7.19. The smallest absolute Gasteiger partial charge is 0.0544 e. The summed E-state index contributed by atoms with van der Waals surface area (Å²) in [5.41, 5.74) is 2.47. The average Bonchev–Trinajstić information content (AvgIpc) is 3.21. The maximum absolute atomic E-state index is 4.63. The van der Waals surface area contributed by atoms with E-state index in [0.717, 1.165) is 25.0 Å². The third kappa shape index (κ3) is 5.22. The van der Waals surface area contributed by atoms with Gasteiger partial charge in [0, 0.05) is 37.9 Å². The Kier molecular flexibility index (Phi) is 5.55. The van der Waals surface area contributed by atoms with Crippen LogP contribution in [0.25, 0.3) is 0 Å². The van der Waals surface area contributed by atoms with E-state index in [1.165, 1.54) is 30.6 Å². The number of hydrogen-bond donors (Lipinski definition) is 1. The molecule has 3 heteroatoms. The summed E-state index contributed by atoms with van der Waals surface area (Å²) in [6.45, 7) is 12.0. The molecule has 0 saturated heterocycles. The van der Waals surface area contributed by atoms with Crippen molar-refractivity contribution in [2.45, 2.75) is 65.7 Å². The van der Waals surface area contributed by atoms with Crippen LogP contribution in [0.15, 0.2) is 18.3 Å². The highest BCUT2D eigenvalue weighted by Gasteiger charge is 2.29. The molecule has 1 aromatic rings. The topological polar surface area (TPSA) is 28.2 Å². The second-order valence-corrected chi connectivity index (χ2v) is 6.75. The van der Waals surface area contributed by atoms with Crippen LogP contribution in [0.4, 0.5) is 0 Å². The van der Waals surface area contributed by atoms with Crippen LogP contribution in [0, 0.1) is 5.92 Å². The molecule has 1 N–H and O–H groups in total. The number of rotatable bonds is 8. The van der Waals surface area contributed by atoms with E-state index in [1.54, 1.807) is 0 Å². The van der Waals surface area contributed by atoms with Crippen molar-refractivity contribution in [2.24, 2.45) is 5.92 Å². The third-order valence-electron chi connectivity index (χ3n) is 3.63. The Labute approximate surface area is 123 Å². The minimum Gasteiger partial charge on any atom is -0.310 e. The van der Waals surface area contributed by atoms with Gasteiger partial charge >= 0.3 is 0 Å². The molecule has 0 radical (unpaired) electrons. The van der Waals surface area contributed by atoms with Gasteiger partial charge in [-0.15, -0.1) is 0 Å². The van der Waals surface area contributed by atoms with Crippen molar-refractivity contribution >= 4 is 0 Å². The molecule has 1 saturated carbocycles. The van der Waals surface area contributed by atoms with Gasteiger partial charge in [0.2, 0.25) is 0 Å². The van der Waals surface area contributed by atoms with Gasteiger partial charge in [0.15, 0.2) is 0 Å². The average molecular weight is 275 g/mol. The molecule has 2 rings (SSSR count). The minimum absolute atomic E-state index is 0.520. The van der Waals surface area contributed by atoms with Crippen LogP contribution < -0.4 is 5.32 Å². The summed E-state index contributed by atoms with van der Waals surface area (Å²) in [5, 5.41) is 3.43. The van der Waals surface area contributed by atoms with Crippen molar-refractivity contribution in [3.63, 3.8) is 0 Å². The van der Waals surface area contributed by atoms with Gasteiger partial charge in [-0.05, 0) is 30.4 Å². The molecular weight excluding hydrogens is 246 g/mol. The third-order valence-corrected chi connectivity index (χ3v) is 3.63. The lowest BCUT2D eigenvalue weighted by molar-refractivity contribution is 0.223. The Morgan fingerprint density at radius 2 is 2.00 bits per heavy atom. The highest BCUT2D eigenvalue weighted by molar-refractivity contribution is 5.14. The monoisotopic (exact) mass is 275 g/mol. The zero-order chi connectivity index (χ0) is 14.5. The van der Waals surface area contributed by atoms with Crippen molar-refractivity contribution in [3.8, 4) is 0 Å². The normalized spacial score (nSPS) is 15.6. The van der Waals surface area contributed by atoms with Gasteiger partial charge in [-0.2, -0.15) is 0 Å². The van der Waals surface area contributed by atoms with E-state index in [2.05, 4.69) is 55.0 Å². The standard InChI is InChI=1S/C17H29N3/c1-13(2)11-20(17-7-8-17)12-16-6-5-15(10-19-16)9-18-14(3)4/h5-6,10,13-14,17-18H,7-9,11-12H2,1-4H3. The van der Waals surface area contributed by atoms with Gasteiger partial charge < -0.3 is 5.32 Å². The van der Waals surface area contributed by atoms with Gasteiger partial charge in [-0.3, -0.25) is 9.88 Å². The Balaban J connectivity index is 1.88. The zero-order valence-corrected chi connectivity index (χ0v) is 13.4. The Bertz CT molecular complexity index is 393. The predicted molar refractivity (Wildman–Crippen MR) is 84.5 cm³/mol. The molecule has 0 aliphatic heterocycles. The number of nitrogens with one attached hydrogen (secondary N) is 1. The van der Waals surface area contributed by atoms with Gasteiger partial charge in [0.25, 0.3) is 0 Å². The summed E-state index contributed by atoms with van der Waals surface area (Å²) in [7, 11) is 0. The molecule has 1 heterocycles. The predicted octanol–water partition coefficient (Wildman–Crippen LogP) is 3.20. The van der Waals surface area contributed by atoms with E-state index >= 15 is 0 Å². The van der Waals surface area contributed by atoms with Crippen LogP contribution >= 0.6 is 0 Å². The molecule has 1 aliphatic rings. The fraction of sp³-hybridized carbons (Fsp3) is 0.706. The number of pyridine rings is 1. The van der Waals surface area contributed by atoms with Crippen molar-refractivity contribution in [2.75, 3.05) is 6.54 Å². The summed E-state index contributed by atoms with van der Waals surface area (Å²) in [6.07, 6.45) is 4.75. The van der Waals surface area contributed by atoms with Crippen molar-refractivity contribution in [1.29, 1.82) is 0 Å². The van der Waals surface area contributed by atoms with E-state index < -0.39 is 0 Å².